The highest BCUT2D eigenvalue weighted by Crippen LogP contribution is 2.28. The highest BCUT2D eigenvalue weighted by atomic mass is 19.3. The Bertz CT molecular complexity index is 1240. The second kappa shape index (κ2) is 9.03. The largest absolute Gasteiger partial charge is 0.433 e. The van der Waals surface area contributed by atoms with Crippen LogP contribution in [0.25, 0.3) is 16.7 Å². The van der Waals surface area contributed by atoms with Gasteiger partial charge in [-0.25, -0.2) is 4.98 Å². The lowest BCUT2D eigenvalue weighted by Gasteiger charge is -2.34. The quantitative estimate of drug-likeness (QED) is 0.466. The summed E-state index contributed by atoms with van der Waals surface area (Å²) < 4.78 is 32.1. The van der Waals surface area contributed by atoms with Crippen LogP contribution in [0.5, 0.6) is 5.75 Å². The minimum Gasteiger partial charge on any atom is -0.433 e. The number of ether oxygens (including phenoxy) is 1. The Balaban J connectivity index is 1.38. The summed E-state index contributed by atoms with van der Waals surface area (Å²) in [5.41, 5.74) is 3.13. The number of fused-ring (bicyclic) bond motifs is 1. The topological polar surface area (TPSA) is 58.5 Å². The van der Waals surface area contributed by atoms with Crippen molar-refractivity contribution in [2.24, 2.45) is 0 Å². The Morgan fingerprint density at radius 3 is 2.48 bits per heavy atom. The summed E-state index contributed by atoms with van der Waals surface area (Å²) in [5, 5.41) is 4.02. The molecule has 4 aromatic rings. The van der Waals surface area contributed by atoms with Gasteiger partial charge in [0.25, 0.3) is 0 Å². The first-order valence-electron chi connectivity index (χ1n) is 10.8. The van der Waals surface area contributed by atoms with E-state index in [9.17, 15) is 8.78 Å². The van der Waals surface area contributed by atoms with Crippen molar-refractivity contribution in [3.63, 3.8) is 0 Å². The number of benzene rings is 2. The normalized spacial score (nSPS) is 14.7. The molecule has 1 fully saturated rings. The Kier molecular flexibility index (Phi) is 5.78. The van der Waals surface area contributed by atoms with Crippen LogP contribution in [0.3, 0.4) is 0 Å². The van der Waals surface area contributed by atoms with Crippen molar-refractivity contribution in [1.29, 1.82) is 0 Å². The number of hydrogen-bond donors (Lipinski definition) is 1. The Morgan fingerprint density at radius 2 is 1.73 bits per heavy atom. The smallest absolute Gasteiger partial charge is 0.387 e. The standard InChI is InChI=1S/C24H24F2N6O/c1-30-12-14-31(15-13-30)19-8-6-18(7-9-19)28-24-27-16-17-10-11-32(22(17)29-24)20-4-2-3-5-21(20)33-23(25)26/h2-11,16,23H,12-15H2,1H3,(H,27,28,29). The minimum atomic E-state index is -2.91. The van der Waals surface area contributed by atoms with Crippen LogP contribution in [0.4, 0.5) is 26.1 Å². The Labute approximate surface area is 190 Å². The molecule has 0 atom stereocenters. The molecule has 1 aliphatic heterocycles. The first-order chi connectivity index (χ1) is 16.1. The molecule has 33 heavy (non-hydrogen) atoms. The van der Waals surface area contributed by atoms with Crippen molar-refractivity contribution >= 4 is 28.4 Å². The number of anilines is 3. The monoisotopic (exact) mass is 450 g/mol. The molecule has 1 aliphatic rings. The van der Waals surface area contributed by atoms with Gasteiger partial charge >= 0.3 is 6.61 Å². The first-order valence-corrected chi connectivity index (χ1v) is 10.8. The summed E-state index contributed by atoms with van der Waals surface area (Å²) in [4.78, 5) is 13.7. The van der Waals surface area contributed by atoms with Gasteiger partial charge in [-0.3, -0.25) is 4.57 Å². The maximum Gasteiger partial charge on any atom is 0.387 e. The maximum absolute atomic E-state index is 12.9. The van der Waals surface area contributed by atoms with E-state index in [1.165, 1.54) is 11.8 Å². The molecule has 0 amide bonds. The third-order valence-corrected chi connectivity index (χ3v) is 5.76. The fourth-order valence-electron chi connectivity index (χ4n) is 3.97. The molecule has 2 aromatic heterocycles. The van der Waals surface area contributed by atoms with Crippen LogP contribution in [-0.4, -0.2) is 59.3 Å². The van der Waals surface area contributed by atoms with Crippen molar-refractivity contribution in [3.8, 4) is 11.4 Å². The van der Waals surface area contributed by atoms with Gasteiger partial charge in [0.15, 0.2) is 0 Å². The van der Waals surface area contributed by atoms with Gasteiger partial charge < -0.3 is 19.9 Å². The third kappa shape index (κ3) is 4.58. The molecule has 7 nitrogen and oxygen atoms in total. The molecule has 0 unspecified atom stereocenters. The second-order valence-electron chi connectivity index (χ2n) is 7.97. The van der Waals surface area contributed by atoms with E-state index < -0.39 is 6.61 Å². The molecule has 0 radical (unpaired) electrons. The van der Waals surface area contributed by atoms with E-state index in [1.807, 2.05) is 18.2 Å². The lowest BCUT2D eigenvalue weighted by atomic mass is 10.2. The van der Waals surface area contributed by atoms with Gasteiger partial charge in [-0.2, -0.15) is 13.8 Å². The molecule has 0 bridgehead atoms. The SMILES string of the molecule is CN1CCN(c2ccc(Nc3ncc4ccn(-c5ccccc5OC(F)F)c4n3)cc2)CC1. The number of piperazine rings is 1. The van der Waals surface area contributed by atoms with Crippen LogP contribution in [-0.2, 0) is 0 Å². The lowest BCUT2D eigenvalue weighted by Crippen LogP contribution is -2.44. The Hall–Kier alpha value is -3.72. The van der Waals surface area contributed by atoms with Gasteiger partial charge in [0.2, 0.25) is 5.95 Å². The van der Waals surface area contributed by atoms with E-state index in [2.05, 4.69) is 44.3 Å². The number of aromatic nitrogens is 3. The predicted octanol–water partition coefficient (Wildman–Crippen LogP) is 4.52. The zero-order valence-electron chi connectivity index (χ0n) is 18.2. The van der Waals surface area contributed by atoms with Crippen LogP contribution in [0.1, 0.15) is 0 Å². The highest BCUT2D eigenvalue weighted by Gasteiger charge is 2.15. The van der Waals surface area contributed by atoms with Crippen LogP contribution >= 0.6 is 0 Å². The van der Waals surface area contributed by atoms with Gasteiger partial charge in [-0.1, -0.05) is 12.1 Å². The van der Waals surface area contributed by atoms with Crippen molar-refractivity contribution in [2.75, 3.05) is 43.4 Å². The number of nitrogens with zero attached hydrogens (tertiary/aromatic N) is 5. The average molecular weight is 450 g/mol. The molecule has 9 heteroatoms. The number of halogens is 2. The molecule has 170 valence electrons. The van der Waals surface area contributed by atoms with Gasteiger partial charge in [0.05, 0.1) is 5.69 Å². The molecule has 3 heterocycles. The van der Waals surface area contributed by atoms with Crippen LogP contribution in [0.15, 0.2) is 67.0 Å². The van der Waals surface area contributed by atoms with E-state index in [1.54, 1.807) is 35.2 Å². The van der Waals surface area contributed by atoms with Gasteiger partial charge in [0.1, 0.15) is 11.4 Å². The summed E-state index contributed by atoms with van der Waals surface area (Å²) in [6, 6.07) is 16.7. The fraction of sp³-hybridized carbons (Fsp3) is 0.250. The summed E-state index contributed by atoms with van der Waals surface area (Å²) >= 11 is 0. The third-order valence-electron chi connectivity index (χ3n) is 5.76. The van der Waals surface area contributed by atoms with Crippen LogP contribution < -0.4 is 15.0 Å². The molecular weight excluding hydrogens is 426 g/mol. The number of para-hydroxylation sites is 2. The molecule has 0 saturated carbocycles. The average Bonchev–Trinajstić information content (AvgIpc) is 3.23. The van der Waals surface area contributed by atoms with Crippen molar-refractivity contribution in [1.82, 2.24) is 19.4 Å². The number of hydrogen-bond acceptors (Lipinski definition) is 6. The first kappa shape index (κ1) is 21.1. The van der Waals surface area contributed by atoms with E-state index in [4.69, 9.17) is 4.74 Å². The summed E-state index contributed by atoms with van der Waals surface area (Å²) in [6.07, 6.45) is 3.47. The van der Waals surface area contributed by atoms with Crippen LogP contribution in [0.2, 0.25) is 0 Å². The second-order valence-corrected chi connectivity index (χ2v) is 7.97. The zero-order valence-corrected chi connectivity index (χ0v) is 18.2. The number of alkyl halides is 2. The number of nitrogens with one attached hydrogen (secondary N) is 1. The molecule has 5 rings (SSSR count). The summed E-state index contributed by atoms with van der Waals surface area (Å²) in [6.45, 7) is 1.22. The van der Waals surface area contributed by atoms with E-state index >= 15 is 0 Å². The number of likely N-dealkylation sites (N-methyl/N-ethyl adjacent to an activating group) is 1. The fourth-order valence-corrected chi connectivity index (χ4v) is 3.97. The highest BCUT2D eigenvalue weighted by molar-refractivity contribution is 5.79. The predicted molar refractivity (Wildman–Crippen MR) is 125 cm³/mol. The lowest BCUT2D eigenvalue weighted by molar-refractivity contribution is -0.0498. The minimum absolute atomic E-state index is 0.0811. The van der Waals surface area contributed by atoms with Crippen molar-refractivity contribution < 1.29 is 13.5 Å². The van der Waals surface area contributed by atoms with Gasteiger partial charge in [-0.05, 0) is 49.5 Å². The summed E-state index contributed by atoms with van der Waals surface area (Å²) in [7, 11) is 2.14. The molecule has 1 saturated heterocycles. The maximum atomic E-state index is 12.9. The zero-order chi connectivity index (χ0) is 22.8. The molecular formula is C24H24F2N6O. The van der Waals surface area contributed by atoms with E-state index in [-0.39, 0.29) is 5.75 Å². The van der Waals surface area contributed by atoms with Gasteiger partial charge in [0, 0.05) is 55.3 Å². The molecule has 2 aromatic carbocycles. The van der Waals surface area contributed by atoms with Crippen molar-refractivity contribution in [3.05, 3.63) is 67.0 Å². The number of rotatable bonds is 6. The van der Waals surface area contributed by atoms with E-state index in [0.717, 1.165) is 37.3 Å². The van der Waals surface area contributed by atoms with E-state index in [0.29, 0.717) is 17.3 Å². The Morgan fingerprint density at radius 1 is 0.970 bits per heavy atom. The van der Waals surface area contributed by atoms with Gasteiger partial charge in [-0.15, -0.1) is 0 Å². The molecule has 0 spiro atoms. The summed E-state index contributed by atoms with van der Waals surface area (Å²) in [5.74, 6) is 0.500. The molecule has 1 N–H and O–H groups in total. The molecule has 0 aliphatic carbocycles. The van der Waals surface area contributed by atoms with Crippen LogP contribution in [0, 0.1) is 0 Å². The van der Waals surface area contributed by atoms with Crippen molar-refractivity contribution in [2.45, 2.75) is 6.61 Å².